The normalized spacial score (nSPS) is 11.5. The van der Waals surface area contributed by atoms with Crippen LogP contribution in [0.1, 0.15) is 37.9 Å². The van der Waals surface area contributed by atoms with Crippen LogP contribution in [0.3, 0.4) is 0 Å². The second kappa shape index (κ2) is 6.12. The van der Waals surface area contributed by atoms with E-state index in [0.29, 0.717) is 19.5 Å². The first-order valence-corrected chi connectivity index (χ1v) is 6.67. The van der Waals surface area contributed by atoms with Crippen LogP contribution in [0.15, 0.2) is 5.38 Å². The van der Waals surface area contributed by atoms with Crippen LogP contribution < -0.4 is 10.6 Å². The van der Waals surface area contributed by atoms with Crippen molar-refractivity contribution in [2.45, 2.75) is 46.2 Å². The molecule has 0 atom stereocenters. The Morgan fingerprint density at radius 1 is 1.47 bits per heavy atom. The van der Waals surface area contributed by atoms with E-state index in [0.717, 1.165) is 10.7 Å². The average molecular weight is 255 g/mol. The number of carbonyl (C=O) groups is 1. The summed E-state index contributed by atoms with van der Waals surface area (Å²) in [5.74, 6) is 0.0644. The molecular formula is C12H21N3OS. The third-order valence-corrected chi connectivity index (χ3v) is 3.08. The molecule has 0 fully saturated rings. The first kappa shape index (κ1) is 14.1. The van der Waals surface area contributed by atoms with Crippen molar-refractivity contribution in [2.75, 3.05) is 6.54 Å². The smallest absolute Gasteiger partial charge is 0.221 e. The summed E-state index contributed by atoms with van der Waals surface area (Å²) >= 11 is 1.58. The van der Waals surface area contributed by atoms with Crippen molar-refractivity contribution >= 4 is 17.2 Å². The molecule has 1 heterocycles. The van der Waals surface area contributed by atoms with E-state index >= 15 is 0 Å². The molecule has 0 aliphatic heterocycles. The highest BCUT2D eigenvalue weighted by atomic mass is 32.1. The van der Waals surface area contributed by atoms with Crippen molar-refractivity contribution in [1.82, 2.24) is 15.6 Å². The first-order valence-electron chi connectivity index (χ1n) is 5.79. The maximum atomic E-state index is 11.5. The van der Waals surface area contributed by atoms with Crippen LogP contribution in [0.4, 0.5) is 0 Å². The third-order valence-electron chi connectivity index (χ3n) is 2.11. The van der Waals surface area contributed by atoms with E-state index in [4.69, 9.17) is 0 Å². The van der Waals surface area contributed by atoms with Gasteiger partial charge in [-0.1, -0.05) is 0 Å². The summed E-state index contributed by atoms with van der Waals surface area (Å²) in [4.78, 5) is 15.8. The molecular weight excluding hydrogens is 234 g/mol. The minimum atomic E-state index is 0.0622. The van der Waals surface area contributed by atoms with Crippen LogP contribution in [0, 0.1) is 6.92 Å². The summed E-state index contributed by atoms with van der Waals surface area (Å²) in [5, 5.41) is 9.10. The number of aromatic nitrogens is 1. The fourth-order valence-electron chi connectivity index (χ4n) is 1.30. The van der Waals surface area contributed by atoms with Gasteiger partial charge in [0.25, 0.3) is 0 Å². The van der Waals surface area contributed by atoms with Gasteiger partial charge in [0.05, 0.1) is 6.54 Å². The zero-order chi connectivity index (χ0) is 12.9. The summed E-state index contributed by atoms with van der Waals surface area (Å²) in [6, 6.07) is 0. The van der Waals surface area contributed by atoms with E-state index in [-0.39, 0.29) is 11.4 Å². The van der Waals surface area contributed by atoms with Gasteiger partial charge in [0.15, 0.2) is 0 Å². The molecule has 0 bridgehead atoms. The maximum Gasteiger partial charge on any atom is 0.221 e. The Morgan fingerprint density at radius 2 is 2.18 bits per heavy atom. The van der Waals surface area contributed by atoms with Gasteiger partial charge in [0.1, 0.15) is 5.01 Å². The lowest BCUT2D eigenvalue weighted by Gasteiger charge is -2.20. The molecule has 0 aliphatic rings. The van der Waals surface area contributed by atoms with Crippen molar-refractivity contribution in [3.8, 4) is 0 Å². The zero-order valence-corrected chi connectivity index (χ0v) is 11.8. The van der Waals surface area contributed by atoms with Gasteiger partial charge in [0.2, 0.25) is 5.91 Å². The summed E-state index contributed by atoms with van der Waals surface area (Å²) in [5.41, 5.74) is 1.07. The van der Waals surface area contributed by atoms with E-state index in [2.05, 4.69) is 36.4 Å². The predicted molar refractivity (Wildman–Crippen MR) is 71.1 cm³/mol. The Morgan fingerprint density at radius 3 is 2.71 bits per heavy atom. The van der Waals surface area contributed by atoms with Crippen LogP contribution >= 0.6 is 11.3 Å². The summed E-state index contributed by atoms with van der Waals surface area (Å²) < 4.78 is 0. The van der Waals surface area contributed by atoms with Crippen molar-refractivity contribution in [2.24, 2.45) is 0 Å². The average Bonchev–Trinajstić information content (AvgIpc) is 2.59. The van der Waals surface area contributed by atoms with E-state index < -0.39 is 0 Å². The SMILES string of the molecule is Cc1csc(CNC(=O)CCNC(C)(C)C)n1. The Labute approximate surface area is 107 Å². The number of thiazole rings is 1. The Bertz CT molecular complexity index is 368. The quantitative estimate of drug-likeness (QED) is 0.844. The van der Waals surface area contributed by atoms with Crippen LogP contribution in [-0.2, 0) is 11.3 Å². The highest BCUT2D eigenvalue weighted by Crippen LogP contribution is 2.07. The first-order chi connectivity index (χ1) is 7.87. The second-order valence-corrected chi connectivity index (χ2v) is 6.03. The molecule has 96 valence electrons. The lowest BCUT2D eigenvalue weighted by atomic mass is 10.1. The fourth-order valence-corrected chi connectivity index (χ4v) is 2.01. The van der Waals surface area contributed by atoms with Crippen molar-refractivity contribution < 1.29 is 4.79 Å². The molecule has 0 unspecified atom stereocenters. The molecule has 1 amide bonds. The van der Waals surface area contributed by atoms with Crippen molar-refractivity contribution in [3.05, 3.63) is 16.1 Å². The highest BCUT2D eigenvalue weighted by molar-refractivity contribution is 7.09. The van der Waals surface area contributed by atoms with Crippen LogP contribution in [-0.4, -0.2) is 23.0 Å². The molecule has 4 nitrogen and oxygen atoms in total. The summed E-state index contributed by atoms with van der Waals surface area (Å²) in [7, 11) is 0. The van der Waals surface area contributed by atoms with Gasteiger partial charge in [-0.25, -0.2) is 4.98 Å². The van der Waals surface area contributed by atoms with Crippen molar-refractivity contribution in [1.29, 1.82) is 0 Å². The minimum absolute atomic E-state index is 0.0622. The largest absolute Gasteiger partial charge is 0.350 e. The highest BCUT2D eigenvalue weighted by Gasteiger charge is 2.09. The van der Waals surface area contributed by atoms with Gasteiger partial charge < -0.3 is 10.6 Å². The van der Waals surface area contributed by atoms with Crippen LogP contribution in [0.5, 0.6) is 0 Å². The summed E-state index contributed by atoms with van der Waals surface area (Å²) in [6.07, 6.45) is 0.502. The van der Waals surface area contributed by atoms with Gasteiger partial charge in [-0.3, -0.25) is 4.79 Å². The number of hydrogen-bond acceptors (Lipinski definition) is 4. The van der Waals surface area contributed by atoms with Gasteiger partial charge in [-0.15, -0.1) is 11.3 Å². The van der Waals surface area contributed by atoms with E-state index in [1.807, 2.05) is 12.3 Å². The topological polar surface area (TPSA) is 54.0 Å². The second-order valence-electron chi connectivity index (χ2n) is 5.09. The fraction of sp³-hybridized carbons (Fsp3) is 0.667. The van der Waals surface area contributed by atoms with Gasteiger partial charge in [0, 0.05) is 29.6 Å². The zero-order valence-electron chi connectivity index (χ0n) is 11.0. The molecule has 0 saturated carbocycles. The number of rotatable bonds is 5. The lowest BCUT2D eigenvalue weighted by molar-refractivity contribution is -0.121. The molecule has 0 spiro atoms. The van der Waals surface area contributed by atoms with Crippen molar-refractivity contribution in [3.63, 3.8) is 0 Å². The number of nitrogens with one attached hydrogen (secondary N) is 2. The molecule has 1 rings (SSSR count). The Kier molecular flexibility index (Phi) is 5.08. The molecule has 0 aliphatic carbocycles. The van der Waals surface area contributed by atoms with Gasteiger partial charge in [-0.2, -0.15) is 0 Å². The standard InChI is InChI=1S/C12H21N3OS/c1-9-8-17-11(15-9)7-13-10(16)5-6-14-12(2,3)4/h8,14H,5-7H2,1-4H3,(H,13,16). The minimum Gasteiger partial charge on any atom is -0.350 e. The number of nitrogens with zero attached hydrogens (tertiary/aromatic N) is 1. The van der Waals surface area contributed by atoms with E-state index in [9.17, 15) is 4.79 Å². The molecule has 5 heteroatoms. The molecule has 17 heavy (non-hydrogen) atoms. The number of aryl methyl sites for hydroxylation is 1. The third kappa shape index (κ3) is 6.38. The van der Waals surface area contributed by atoms with Gasteiger partial charge >= 0.3 is 0 Å². The molecule has 0 aromatic carbocycles. The lowest BCUT2D eigenvalue weighted by Crippen LogP contribution is -2.38. The molecule has 2 N–H and O–H groups in total. The molecule has 0 saturated heterocycles. The Hall–Kier alpha value is -0.940. The molecule has 1 aromatic heterocycles. The summed E-state index contributed by atoms with van der Waals surface area (Å²) in [6.45, 7) is 9.45. The predicted octanol–water partition coefficient (Wildman–Crippen LogP) is 1.85. The number of hydrogen-bond donors (Lipinski definition) is 2. The number of carbonyl (C=O) groups excluding carboxylic acids is 1. The molecule has 0 radical (unpaired) electrons. The van der Waals surface area contributed by atoms with E-state index in [1.165, 1.54) is 0 Å². The number of amides is 1. The molecule has 1 aromatic rings. The van der Waals surface area contributed by atoms with E-state index in [1.54, 1.807) is 11.3 Å². The maximum absolute atomic E-state index is 11.5. The Balaban J connectivity index is 2.18. The monoisotopic (exact) mass is 255 g/mol. The van der Waals surface area contributed by atoms with Gasteiger partial charge in [-0.05, 0) is 27.7 Å². The van der Waals surface area contributed by atoms with Crippen LogP contribution in [0.25, 0.3) is 0 Å². The van der Waals surface area contributed by atoms with Crippen LogP contribution in [0.2, 0.25) is 0 Å².